The molecule has 0 aromatic heterocycles. The lowest BCUT2D eigenvalue weighted by atomic mass is 10.2. The molecule has 0 spiro atoms. The molecule has 0 heterocycles. The number of aromatic hydroxyl groups is 1. The number of hydrogen-bond acceptors (Lipinski definition) is 8. The fourth-order valence-corrected chi connectivity index (χ4v) is 5.52. The largest absolute Gasteiger partial charge is 0.504 e. The van der Waals surface area contributed by atoms with Crippen LogP contribution >= 0.6 is 0 Å². The van der Waals surface area contributed by atoms with E-state index in [9.17, 15) is 21.9 Å². The van der Waals surface area contributed by atoms with E-state index < -0.39 is 24.8 Å². The smallest absolute Gasteiger partial charge is 0.186 e. The molecule has 0 unspecified atom stereocenters. The summed E-state index contributed by atoms with van der Waals surface area (Å²) >= 11 is 0. The van der Waals surface area contributed by atoms with Crippen LogP contribution in [0.15, 0.2) is 47.2 Å². The van der Waals surface area contributed by atoms with Crippen LogP contribution in [0.1, 0.15) is 11.1 Å². The van der Waals surface area contributed by atoms with Gasteiger partial charge < -0.3 is 20.3 Å². The molecule has 2 rings (SSSR count). The number of benzene rings is 2. The van der Waals surface area contributed by atoms with Crippen LogP contribution in [0, 0.1) is 0 Å². The summed E-state index contributed by atoms with van der Waals surface area (Å²) in [4.78, 5) is 0. The summed E-state index contributed by atoms with van der Waals surface area (Å²) in [6.45, 7) is 0. The van der Waals surface area contributed by atoms with Crippen molar-refractivity contribution in [2.75, 3.05) is 25.0 Å². The van der Waals surface area contributed by atoms with Gasteiger partial charge >= 0.3 is 0 Å². The molecule has 0 saturated carbocycles. The molecule has 0 bridgehead atoms. The van der Waals surface area contributed by atoms with Gasteiger partial charge in [0, 0.05) is 10.8 Å². The molecule has 0 radical (unpaired) electrons. The lowest BCUT2D eigenvalue weighted by Crippen LogP contribution is -2.11. The zero-order valence-corrected chi connectivity index (χ0v) is 17.4. The normalized spacial score (nSPS) is 12.5. The van der Waals surface area contributed by atoms with Gasteiger partial charge in [0.05, 0.1) is 19.9 Å². The van der Waals surface area contributed by atoms with Crippen LogP contribution in [0.5, 0.6) is 17.2 Å². The molecular weight excluding hydrogens is 418 g/mol. The maximum Gasteiger partial charge on any atom is 0.186 e. The Balaban J connectivity index is 2.14. The van der Waals surface area contributed by atoms with E-state index >= 15 is 0 Å². The molecular formula is C19H21NO7S2. The van der Waals surface area contributed by atoms with Crippen LogP contribution < -0.4 is 15.2 Å². The molecule has 10 heteroatoms. The Hall–Kier alpha value is -2.98. The predicted octanol–water partition coefficient (Wildman–Crippen LogP) is 2.42. The monoisotopic (exact) mass is 439 g/mol. The van der Waals surface area contributed by atoms with E-state index in [1.54, 1.807) is 12.1 Å². The van der Waals surface area contributed by atoms with Crippen LogP contribution in [-0.2, 0) is 19.7 Å². The Kier molecular flexibility index (Phi) is 6.93. The Labute approximate surface area is 169 Å². The number of rotatable bonds is 8. The summed E-state index contributed by atoms with van der Waals surface area (Å²) in [5.41, 5.74) is 6.99. The van der Waals surface area contributed by atoms with Crippen molar-refractivity contribution in [2.45, 2.75) is 0 Å². The lowest BCUT2D eigenvalue weighted by molar-refractivity contribution is 0.373. The summed E-state index contributed by atoms with van der Waals surface area (Å²) in [5, 5.41) is 10.1. The van der Waals surface area contributed by atoms with Gasteiger partial charge in [-0.3, -0.25) is 0 Å². The van der Waals surface area contributed by atoms with Crippen LogP contribution in [0.2, 0.25) is 0 Å². The van der Waals surface area contributed by atoms with Crippen molar-refractivity contribution in [1.82, 2.24) is 0 Å². The number of nitrogens with two attached hydrogens (primary N) is 1. The minimum Gasteiger partial charge on any atom is -0.504 e. The predicted molar refractivity (Wildman–Crippen MR) is 113 cm³/mol. The van der Waals surface area contributed by atoms with Gasteiger partial charge in [0.25, 0.3) is 0 Å². The zero-order chi connectivity index (χ0) is 21.7. The quantitative estimate of drug-likeness (QED) is 0.599. The van der Waals surface area contributed by atoms with Gasteiger partial charge in [-0.1, -0.05) is 12.1 Å². The molecule has 156 valence electrons. The molecule has 0 aliphatic rings. The molecule has 2 aromatic rings. The van der Waals surface area contributed by atoms with E-state index in [0.717, 1.165) is 10.8 Å². The second kappa shape index (κ2) is 9.01. The molecule has 0 aliphatic carbocycles. The van der Waals surface area contributed by atoms with Gasteiger partial charge in [0.2, 0.25) is 0 Å². The molecule has 0 atom stereocenters. The number of phenols is 1. The fourth-order valence-electron chi connectivity index (χ4n) is 2.33. The minimum absolute atomic E-state index is 0.0978. The van der Waals surface area contributed by atoms with Crippen LogP contribution in [0.4, 0.5) is 5.69 Å². The van der Waals surface area contributed by atoms with Crippen LogP contribution in [0.3, 0.4) is 0 Å². The average Bonchev–Trinajstić information content (AvgIpc) is 2.65. The van der Waals surface area contributed by atoms with E-state index in [2.05, 4.69) is 0 Å². The molecule has 3 N–H and O–H groups in total. The summed E-state index contributed by atoms with van der Waals surface area (Å²) < 4.78 is 58.7. The average molecular weight is 440 g/mol. The van der Waals surface area contributed by atoms with Crippen molar-refractivity contribution >= 4 is 37.5 Å². The Morgan fingerprint density at radius 3 is 1.90 bits per heavy atom. The van der Waals surface area contributed by atoms with Crippen molar-refractivity contribution in [2.24, 2.45) is 0 Å². The van der Waals surface area contributed by atoms with Crippen molar-refractivity contribution in [3.63, 3.8) is 0 Å². The first kappa shape index (κ1) is 22.3. The summed E-state index contributed by atoms with van der Waals surface area (Å²) in [5.74, 6) is 0.516. The topological polar surface area (TPSA) is 133 Å². The SMILES string of the molecule is COc1ccc(C=CS(=O)(=O)CS(=O)(=O)C=Cc2ccc(O)c(OC)c2)cc1N. The van der Waals surface area contributed by atoms with Crippen molar-refractivity contribution in [1.29, 1.82) is 0 Å². The Morgan fingerprint density at radius 1 is 0.862 bits per heavy atom. The van der Waals surface area contributed by atoms with Gasteiger partial charge in [0.15, 0.2) is 36.3 Å². The summed E-state index contributed by atoms with van der Waals surface area (Å²) in [7, 11) is -5.29. The lowest BCUT2D eigenvalue weighted by Gasteiger charge is -2.04. The van der Waals surface area contributed by atoms with E-state index in [-0.39, 0.29) is 11.5 Å². The van der Waals surface area contributed by atoms with Gasteiger partial charge in [-0.05, 0) is 47.5 Å². The first-order chi connectivity index (χ1) is 13.5. The maximum atomic E-state index is 12.2. The van der Waals surface area contributed by atoms with Gasteiger partial charge in [0.1, 0.15) is 5.75 Å². The maximum absolute atomic E-state index is 12.2. The van der Waals surface area contributed by atoms with E-state index in [4.69, 9.17) is 15.2 Å². The van der Waals surface area contributed by atoms with Gasteiger partial charge in [-0.25, -0.2) is 16.8 Å². The zero-order valence-electron chi connectivity index (χ0n) is 15.8. The fraction of sp³-hybridized carbons (Fsp3) is 0.158. The molecule has 2 aromatic carbocycles. The summed E-state index contributed by atoms with van der Waals surface area (Å²) in [6.07, 6.45) is 2.48. The van der Waals surface area contributed by atoms with Gasteiger partial charge in [-0.15, -0.1) is 0 Å². The highest BCUT2D eigenvalue weighted by atomic mass is 32.3. The van der Waals surface area contributed by atoms with E-state index in [1.807, 2.05) is 0 Å². The molecule has 0 fully saturated rings. The standard InChI is InChI=1S/C19H21NO7S2/c1-26-18-6-4-14(11-16(18)20)7-9-28(22,23)13-29(24,25)10-8-15-3-5-17(21)19(12-15)27-2/h3-12,21H,13,20H2,1-2H3. The molecule has 29 heavy (non-hydrogen) atoms. The van der Waals surface area contributed by atoms with Gasteiger partial charge in [-0.2, -0.15) is 0 Å². The highest BCUT2D eigenvalue weighted by Gasteiger charge is 2.17. The molecule has 8 nitrogen and oxygen atoms in total. The van der Waals surface area contributed by atoms with E-state index in [1.165, 1.54) is 50.6 Å². The van der Waals surface area contributed by atoms with Crippen molar-refractivity contribution < 1.29 is 31.4 Å². The Bertz CT molecular complexity index is 1150. The van der Waals surface area contributed by atoms with E-state index in [0.29, 0.717) is 22.6 Å². The van der Waals surface area contributed by atoms with Crippen LogP contribution in [0.25, 0.3) is 12.2 Å². The second-order valence-corrected chi connectivity index (χ2v) is 10.1. The number of hydrogen-bond donors (Lipinski definition) is 2. The third-order valence-corrected chi connectivity index (χ3v) is 7.45. The number of anilines is 1. The van der Waals surface area contributed by atoms with Crippen molar-refractivity contribution in [3.8, 4) is 17.2 Å². The number of sulfone groups is 2. The van der Waals surface area contributed by atoms with Crippen molar-refractivity contribution in [3.05, 3.63) is 58.3 Å². The number of phenolic OH excluding ortho intramolecular Hbond substituents is 1. The first-order valence-corrected chi connectivity index (χ1v) is 11.6. The number of nitrogen functional groups attached to an aromatic ring is 1. The number of methoxy groups -OCH3 is 2. The molecule has 0 aliphatic heterocycles. The minimum atomic E-state index is -4.06. The number of ether oxygens (including phenoxy) is 2. The molecule has 0 amide bonds. The highest BCUT2D eigenvalue weighted by Crippen LogP contribution is 2.27. The second-order valence-electron chi connectivity index (χ2n) is 5.98. The van der Waals surface area contributed by atoms with Crippen LogP contribution in [-0.4, -0.2) is 41.2 Å². The molecule has 0 saturated heterocycles. The third kappa shape index (κ3) is 6.54. The Morgan fingerprint density at radius 2 is 1.38 bits per heavy atom. The third-order valence-electron chi connectivity index (χ3n) is 3.72. The summed E-state index contributed by atoms with van der Waals surface area (Å²) in [6, 6.07) is 8.90. The highest BCUT2D eigenvalue weighted by molar-refractivity contribution is 8.10. The first-order valence-electron chi connectivity index (χ1n) is 8.17.